The lowest BCUT2D eigenvalue weighted by atomic mass is 9.98. The second-order valence-corrected chi connectivity index (χ2v) is 8.63. The van der Waals surface area contributed by atoms with E-state index in [2.05, 4.69) is 11.9 Å². The van der Waals surface area contributed by atoms with Crippen molar-refractivity contribution in [1.82, 2.24) is 4.98 Å². The molecule has 0 saturated heterocycles. The van der Waals surface area contributed by atoms with Crippen LogP contribution in [0.25, 0.3) is 11.0 Å². The van der Waals surface area contributed by atoms with Crippen molar-refractivity contribution < 1.29 is 18.7 Å². The van der Waals surface area contributed by atoms with Crippen molar-refractivity contribution in [2.75, 3.05) is 18.1 Å². The SMILES string of the molecule is CCCCCOc1ccc(C2c3c(oc4ccccc4c3=O)C(=O)N2c2ccccn2)cc1OCC. The van der Waals surface area contributed by atoms with Gasteiger partial charge < -0.3 is 13.9 Å². The molecule has 4 aromatic rings. The fraction of sp³-hybridized carbons (Fsp3) is 0.276. The van der Waals surface area contributed by atoms with E-state index >= 15 is 0 Å². The molecule has 2 aromatic heterocycles. The molecule has 1 aliphatic heterocycles. The summed E-state index contributed by atoms with van der Waals surface area (Å²) in [6, 6.07) is 17.1. The summed E-state index contributed by atoms with van der Waals surface area (Å²) in [5.74, 6) is 1.26. The van der Waals surface area contributed by atoms with E-state index < -0.39 is 11.9 Å². The predicted octanol–water partition coefficient (Wildman–Crippen LogP) is 5.91. The van der Waals surface area contributed by atoms with E-state index in [1.165, 1.54) is 4.90 Å². The molecule has 1 unspecified atom stereocenters. The third-order valence-electron chi connectivity index (χ3n) is 6.26. The van der Waals surface area contributed by atoms with Gasteiger partial charge in [0.25, 0.3) is 5.91 Å². The summed E-state index contributed by atoms with van der Waals surface area (Å²) in [4.78, 5) is 33.3. The fourth-order valence-electron chi connectivity index (χ4n) is 4.58. The molecule has 1 atom stereocenters. The number of anilines is 1. The standard InChI is InChI=1S/C29H28N2O5/c1-3-5-10-17-35-22-15-14-19(18-23(22)34-4-2)26-25-27(32)20-11-6-7-12-21(20)36-28(25)29(33)31(26)24-13-8-9-16-30-24/h6-9,11-16,18,26H,3-5,10,17H2,1-2H3. The van der Waals surface area contributed by atoms with Gasteiger partial charge in [-0.15, -0.1) is 0 Å². The summed E-state index contributed by atoms with van der Waals surface area (Å²) < 4.78 is 17.9. The molecule has 3 heterocycles. The van der Waals surface area contributed by atoms with Crippen molar-refractivity contribution in [2.45, 2.75) is 39.2 Å². The molecule has 7 nitrogen and oxygen atoms in total. The van der Waals surface area contributed by atoms with Crippen molar-refractivity contribution in [2.24, 2.45) is 0 Å². The van der Waals surface area contributed by atoms with E-state index in [0.717, 1.165) is 19.3 Å². The highest BCUT2D eigenvalue weighted by molar-refractivity contribution is 6.10. The predicted molar refractivity (Wildman–Crippen MR) is 138 cm³/mol. The molecular weight excluding hydrogens is 456 g/mol. The quantitative estimate of drug-likeness (QED) is 0.275. The maximum atomic E-state index is 13.7. The lowest BCUT2D eigenvalue weighted by Gasteiger charge is -2.25. The maximum Gasteiger partial charge on any atom is 0.296 e. The molecule has 0 saturated carbocycles. The minimum absolute atomic E-state index is 0.0344. The van der Waals surface area contributed by atoms with E-state index in [0.29, 0.717) is 52.6 Å². The van der Waals surface area contributed by atoms with Crippen molar-refractivity contribution in [3.63, 3.8) is 0 Å². The number of carbonyl (C=O) groups excluding carboxylic acids is 1. The molecule has 184 valence electrons. The van der Waals surface area contributed by atoms with Gasteiger partial charge in [-0.3, -0.25) is 14.5 Å². The number of rotatable bonds is 9. The summed E-state index contributed by atoms with van der Waals surface area (Å²) in [5, 5.41) is 0.429. The monoisotopic (exact) mass is 484 g/mol. The van der Waals surface area contributed by atoms with Crippen LogP contribution < -0.4 is 19.8 Å². The normalized spacial score (nSPS) is 14.8. The third-order valence-corrected chi connectivity index (χ3v) is 6.26. The van der Waals surface area contributed by atoms with Gasteiger partial charge >= 0.3 is 0 Å². The van der Waals surface area contributed by atoms with Crippen LogP contribution in [0.15, 0.2) is 76.1 Å². The first kappa shape index (κ1) is 23.6. The lowest BCUT2D eigenvalue weighted by Crippen LogP contribution is -2.30. The zero-order chi connectivity index (χ0) is 25.1. The number of pyridine rings is 1. The van der Waals surface area contributed by atoms with Gasteiger partial charge in [0.05, 0.1) is 30.2 Å². The summed E-state index contributed by atoms with van der Waals surface area (Å²) in [6.45, 7) is 5.09. The first-order valence-electron chi connectivity index (χ1n) is 12.3. The highest BCUT2D eigenvalue weighted by atomic mass is 16.5. The molecule has 7 heteroatoms. The van der Waals surface area contributed by atoms with Crippen molar-refractivity contribution in [3.05, 3.63) is 94.0 Å². The number of para-hydroxylation sites is 1. The minimum Gasteiger partial charge on any atom is -0.490 e. The Kier molecular flexibility index (Phi) is 6.71. The summed E-state index contributed by atoms with van der Waals surface area (Å²) in [5.41, 5.74) is 1.15. The zero-order valence-corrected chi connectivity index (χ0v) is 20.4. The molecule has 0 aliphatic carbocycles. The molecule has 0 bridgehead atoms. The van der Waals surface area contributed by atoms with Gasteiger partial charge in [-0.05, 0) is 55.3 Å². The number of nitrogens with zero attached hydrogens (tertiary/aromatic N) is 2. The number of unbranched alkanes of at least 4 members (excludes halogenated alkanes) is 2. The van der Waals surface area contributed by atoms with E-state index in [1.54, 1.807) is 48.7 Å². The Bertz CT molecular complexity index is 1450. The van der Waals surface area contributed by atoms with Gasteiger partial charge in [0.2, 0.25) is 5.76 Å². The van der Waals surface area contributed by atoms with Crippen LogP contribution in [0.3, 0.4) is 0 Å². The van der Waals surface area contributed by atoms with Gasteiger partial charge in [0.1, 0.15) is 11.4 Å². The number of benzene rings is 2. The highest BCUT2D eigenvalue weighted by Gasteiger charge is 2.44. The second-order valence-electron chi connectivity index (χ2n) is 8.63. The molecule has 0 radical (unpaired) electrons. The molecule has 2 aromatic carbocycles. The number of hydrogen-bond donors (Lipinski definition) is 0. The Morgan fingerprint density at radius 1 is 0.944 bits per heavy atom. The Hall–Kier alpha value is -4.13. The van der Waals surface area contributed by atoms with E-state index in [4.69, 9.17) is 13.9 Å². The van der Waals surface area contributed by atoms with Crippen molar-refractivity contribution in [3.8, 4) is 11.5 Å². The summed E-state index contributed by atoms with van der Waals surface area (Å²) >= 11 is 0. The maximum absolute atomic E-state index is 13.7. The van der Waals surface area contributed by atoms with Gasteiger partial charge in [-0.1, -0.05) is 44.0 Å². The van der Waals surface area contributed by atoms with Crippen LogP contribution in [0.1, 0.15) is 60.8 Å². The largest absolute Gasteiger partial charge is 0.490 e. The number of amides is 1. The molecule has 0 spiro atoms. The Balaban J connectivity index is 1.66. The van der Waals surface area contributed by atoms with Crippen LogP contribution in [-0.4, -0.2) is 24.1 Å². The molecule has 0 fully saturated rings. The van der Waals surface area contributed by atoms with Crippen LogP contribution in [0.2, 0.25) is 0 Å². The molecular formula is C29H28N2O5. The van der Waals surface area contributed by atoms with E-state index in [1.807, 2.05) is 25.1 Å². The van der Waals surface area contributed by atoms with Gasteiger partial charge in [-0.2, -0.15) is 0 Å². The molecule has 5 rings (SSSR count). The summed E-state index contributed by atoms with van der Waals surface area (Å²) in [6.07, 6.45) is 4.77. The Morgan fingerprint density at radius 3 is 2.56 bits per heavy atom. The second kappa shape index (κ2) is 10.2. The van der Waals surface area contributed by atoms with Crippen LogP contribution >= 0.6 is 0 Å². The van der Waals surface area contributed by atoms with E-state index in [9.17, 15) is 9.59 Å². The first-order chi connectivity index (χ1) is 17.6. The van der Waals surface area contributed by atoms with E-state index in [-0.39, 0.29) is 11.2 Å². The van der Waals surface area contributed by atoms with Gasteiger partial charge in [-0.25, -0.2) is 4.98 Å². The topological polar surface area (TPSA) is 81.9 Å². The number of hydrogen-bond acceptors (Lipinski definition) is 6. The number of fused-ring (bicyclic) bond motifs is 2. The molecule has 36 heavy (non-hydrogen) atoms. The van der Waals surface area contributed by atoms with Gasteiger partial charge in [0.15, 0.2) is 16.9 Å². The number of ether oxygens (including phenoxy) is 2. The smallest absolute Gasteiger partial charge is 0.296 e. The summed E-state index contributed by atoms with van der Waals surface area (Å²) in [7, 11) is 0. The Morgan fingerprint density at radius 2 is 1.78 bits per heavy atom. The molecule has 0 N–H and O–H groups in total. The van der Waals surface area contributed by atoms with Crippen molar-refractivity contribution >= 4 is 22.7 Å². The minimum atomic E-state index is -0.725. The van der Waals surface area contributed by atoms with Crippen LogP contribution in [-0.2, 0) is 0 Å². The van der Waals surface area contributed by atoms with Gasteiger partial charge in [0, 0.05) is 6.20 Å². The molecule has 1 aliphatic rings. The zero-order valence-electron chi connectivity index (χ0n) is 20.4. The van der Waals surface area contributed by atoms with Crippen LogP contribution in [0, 0.1) is 0 Å². The molecule has 1 amide bonds. The average Bonchev–Trinajstić information content (AvgIpc) is 3.20. The highest BCUT2D eigenvalue weighted by Crippen LogP contribution is 2.42. The van der Waals surface area contributed by atoms with Crippen LogP contribution in [0.4, 0.5) is 5.82 Å². The number of carbonyl (C=O) groups is 1. The van der Waals surface area contributed by atoms with Crippen LogP contribution in [0.5, 0.6) is 11.5 Å². The fourth-order valence-corrected chi connectivity index (χ4v) is 4.58. The third kappa shape index (κ3) is 4.21. The first-order valence-corrected chi connectivity index (χ1v) is 12.3. The Labute approximate surface area is 209 Å². The number of aromatic nitrogens is 1. The average molecular weight is 485 g/mol. The lowest BCUT2D eigenvalue weighted by molar-refractivity contribution is 0.0970. The van der Waals surface area contributed by atoms with Crippen molar-refractivity contribution in [1.29, 1.82) is 0 Å².